The molecule has 152 valence electrons. The number of thiophene rings is 1. The smallest absolute Gasteiger partial charge is 0.262 e. The average Bonchev–Trinajstić information content (AvgIpc) is 3.18. The van der Waals surface area contributed by atoms with Gasteiger partial charge in [-0.2, -0.15) is 0 Å². The van der Waals surface area contributed by atoms with Crippen LogP contribution in [0.15, 0.2) is 65.0 Å². The van der Waals surface area contributed by atoms with Crippen molar-refractivity contribution in [2.24, 2.45) is 0 Å². The Hall–Kier alpha value is -3.25. The van der Waals surface area contributed by atoms with Gasteiger partial charge in [-0.25, -0.2) is 4.98 Å². The summed E-state index contributed by atoms with van der Waals surface area (Å²) in [6, 6.07) is 16.1. The zero-order valence-electron chi connectivity index (χ0n) is 17.0. The number of aromatic nitrogens is 2. The van der Waals surface area contributed by atoms with Crippen molar-refractivity contribution in [3.05, 3.63) is 87.3 Å². The minimum absolute atomic E-state index is 0.0886. The van der Waals surface area contributed by atoms with E-state index in [2.05, 4.69) is 10.3 Å². The van der Waals surface area contributed by atoms with E-state index in [1.165, 1.54) is 27.8 Å². The SMILES string of the molecule is Cc1ccc(-c2csc3ncn(CCC(=O)NCc4ccccc4C)c(=O)c23)cc1. The number of amides is 1. The summed E-state index contributed by atoms with van der Waals surface area (Å²) in [5.74, 6) is -0.0886. The second-order valence-corrected chi connectivity index (χ2v) is 8.25. The lowest BCUT2D eigenvalue weighted by molar-refractivity contribution is -0.121. The summed E-state index contributed by atoms with van der Waals surface area (Å²) in [6.45, 7) is 4.84. The largest absolute Gasteiger partial charge is 0.352 e. The van der Waals surface area contributed by atoms with Crippen molar-refractivity contribution < 1.29 is 4.79 Å². The molecule has 0 spiro atoms. The molecule has 0 unspecified atom stereocenters. The first-order valence-corrected chi connectivity index (χ1v) is 10.8. The molecule has 0 aliphatic carbocycles. The Bertz CT molecular complexity index is 1260. The Labute approximate surface area is 179 Å². The lowest BCUT2D eigenvalue weighted by Gasteiger charge is -2.09. The van der Waals surface area contributed by atoms with Crippen molar-refractivity contribution in [1.29, 1.82) is 0 Å². The Balaban J connectivity index is 1.49. The fourth-order valence-electron chi connectivity index (χ4n) is 3.39. The molecule has 2 aromatic heterocycles. The van der Waals surface area contributed by atoms with E-state index in [1.807, 2.05) is 67.8 Å². The highest BCUT2D eigenvalue weighted by atomic mass is 32.1. The number of aryl methyl sites for hydroxylation is 3. The Morgan fingerprint density at radius 3 is 2.63 bits per heavy atom. The van der Waals surface area contributed by atoms with Gasteiger partial charge in [-0.15, -0.1) is 11.3 Å². The topological polar surface area (TPSA) is 64.0 Å². The van der Waals surface area contributed by atoms with Gasteiger partial charge < -0.3 is 5.32 Å². The zero-order chi connectivity index (χ0) is 21.1. The number of carbonyl (C=O) groups excluding carboxylic acids is 1. The van der Waals surface area contributed by atoms with Crippen LogP contribution in [0.5, 0.6) is 0 Å². The highest BCUT2D eigenvalue weighted by molar-refractivity contribution is 7.17. The predicted molar refractivity (Wildman–Crippen MR) is 122 cm³/mol. The highest BCUT2D eigenvalue weighted by Crippen LogP contribution is 2.30. The fraction of sp³-hybridized carbons (Fsp3) is 0.208. The van der Waals surface area contributed by atoms with E-state index in [0.717, 1.165) is 27.1 Å². The Morgan fingerprint density at radius 1 is 1.10 bits per heavy atom. The lowest BCUT2D eigenvalue weighted by Crippen LogP contribution is -2.27. The molecule has 1 amide bonds. The number of nitrogens with one attached hydrogen (secondary N) is 1. The van der Waals surface area contributed by atoms with E-state index in [-0.39, 0.29) is 17.9 Å². The summed E-state index contributed by atoms with van der Waals surface area (Å²) in [4.78, 5) is 30.5. The minimum atomic E-state index is -0.108. The van der Waals surface area contributed by atoms with Crippen LogP contribution in [0.25, 0.3) is 21.3 Å². The molecule has 0 aliphatic heterocycles. The van der Waals surface area contributed by atoms with Gasteiger partial charge in [0, 0.05) is 30.5 Å². The first-order valence-electron chi connectivity index (χ1n) is 9.88. The molecule has 2 aromatic carbocycles. The van der Waals surface area contributed by atoms with Crippen molar-refractivity contribution in [1.82, 2.24) is 14.9 Å². The number of hydrogen-bond donors (Lipinski definition) is 1. The van der Waals surface area contributed by atoms with Gasteiger partial charge in [0.2, 0.25) is 5.91 Å². The van der Waals surface area contributed by atoms with Crippen molar-refractivity contribution in [3.8, 4) is 11.1 Å². The predicted octanol–water partition coefficient (Wildman–Crippen LogP) is 4.45. The molecule has 2 heterocycles. The van der Waals surface area contributed by atoms with Crippen molar-refractivity contribution in [2.75, 3.05) is 0 Å². The van der Waals surface area contributed by atoms with E-state index in [4.69, 9.17) is 0 Å². The van der Waals surface area contributed by atoms with Gasteiger partial charge in [0.05, 0.1) is 11.7 Å². The number of carbonyl (C=O) groups is 1. The monoisotopic (exact) mass is 417 g/mol. The van der Waals surface area contributed by atoms with Gasteiger partial charge in [0.1, 0.15) is 4.83 Å². The van der Waals surface area contributed by atoms with Gasteiger partial charge in [-0.1, -0.05) is 54.1 Å². The molecule has 1 N–H and O–H groups in total. The molecule has 0 saturated carbocycles. The second kappa shape index (κ2) is 8.63. The van der Waals surface area contributed by atoms with E-state index in [1.54, 1.807) is 0 Å². The van der Waals surface area contributed by atoms with Gasteiger partial charge >= 0.3 is 0 Å². The maximum absolute atomic E-state index is 13.1. The van der Waals surface area contributed by atoms with E-state index in [0.29, 0.717) is 18.5 Å². The summed E-state index contributed by atoms with van der Waals surface area (Å²) < 4.78 is 1.53. The molecular formula is C24H23N3O2S. The summed E-state index contributed by atoms with van der Waals surface area (Å²) in [7, 11) is 0. The first kappa shape index (κ1) is 20.0. The molecule has 4 aromatic rings. The quantitative estimate of drug-likeness (QED) is 0.504. The summed E-state index contributed by atoms with van der Waals surface area (Å²) in [6.07, 6.45) is 1.76. The number of fused-ring (bicyclic) bond motifs is 1. The molecule has 0 fully saturated rings. The maximum atomic E-state index is 13.1. The number of benzene rings is 2. The third kappa shape index (κ3) is 4.19. The molecule has 0 saturated heterocycles. The molecule has 6 heteroatoms. The standard InChI is InChI=1S/C24H23N3O2S/c1-16-7-9-18(10-8-16)20-14-30-23-22(20)24(29)27(15-26-23)12-11-21(28)25-13-19-6-4-3-5-17(19)2/h3-10,14-15H,11-13H2,1-2H3,(H,25,28). The molecule has 5 nitrogen and oxygen atoms in total. The fourth-order valence-corrected chi connectivity index (χ4v) is 4.29. The van der Waals surface area contributed by atoms with Gasteiger partial charge in [-0.05, 0) is 30.5 Å². The van der Waals surface area contributed by atoms with Crippen LogP contribution in [-0.2, 0) is 17.9 Å². The van der Waals surface area contributed by atoms with Crippen LogP contribution in [0.4, 0.5) is 0 Å². The molecule has 0 aliphatic rings. The third-order valence-electron chi connectivity index (χ3n) is 5.24. The van der Waals surface area contributed by atoms with Gasteiger partial charge in [0.15, 0.2) is 0 Å². The molecule has 0 radical (unpaired) electrons. The second-order valence-electron chi connectivity index (χ2n) is 7.39. The molecule has 4 rings (SSSR count). The number of nitrogens with zero attached hydrogens (tertiary/aromatic N) is 2. The normalized spacial score (nSPS) is 11.0. The minimum Gasteiger partial charge on any atom is -0.352 e. The van der Waals surface area contributed by atoms with Crippen molar-refractivity contribution in [2.45, 2.75) is 33.4 Å². The van der Waals surface area contributed by atoms with Gasteiger partial charge in [0.25, 0.3) is 5.56 Å². The van der Waals surface area contributed by atoms with E-state index >= 15 is 0 Å². The molecular weight excluding hydrogens is 394 g/mol. The van der Waals surface area contributed by atoms with Crippen LogP contribution < -0.4 is 10.9 Å². The summed E-state index contributed by atoms with van der Waals surface area (Å²) in [5, 5.41) is 5.52. The maximum Gasteiger partial charge on any atom is 0.262 e. The molecule has 30 heavy (non-hydrogen) atoms. The van der Waals surface area contributed by atoms with Crippen LogP contribution in [-0.4, -0.2) is 15.5 Å². The number of hydrogen-bond acceptors (Lipinski definition) is 4. The van der Waals surface area contributed by atoms with E-state index < -0.39 is 0 Å². The van der Waals surface area contributed by atoms with Crippen LogP contribution in [0.2, 0.25) is 0 Å². The summed E-state index contributed by atoms with van der Waals surface area (Å²) in [5.41, 5.74) is 5.19. The first-order chi connectivity index (χ1) is 14.5. The number of rotatable bonds is 6. The van der Waals surface area contributed by atoms with Crippen LogP contribution in [0.3, 0.4) is 0 Å². The zero-order valence-corrected chi connectivity index (χ0v) is 17.8. The van der Waals surface area contributed by atoms with Gasteiger partial charge in [-0.3, -0.25) is 14.2 Å². The van der Waals surface area contributed by atoms with Crippen molar-refractivity contribution >= 4 is 27.5 Å². The third-order valence-corrected chi connectivity index (χ3v) is 6.13. The molecule has 0 atom stereocenters. The van der Waals surface area contributed by atoms with Crippen molar-refractivity contribution in [3.63, 3.8) is 0 Å². The van der Waals surface area contributed by atoms with Crippen LogP contribution in [0, 0.1) is 13.8 Å². The molecule has 0 bridgehead atoms. The summed E-state index contributed by atoms with van der Waals surface area (Å²) >= 11 is 1.46. The highest BCUT2D eigenvalue weighted by Gasteiger charge is 2.14. The van der Waals surface area contributed by atoms with Crippen LogP contribution in [0.1, 0.15) is 23.1 Å². The Morgan fingerprint density at radius 2 is 1.87 bits per heavy atom. The van der Waals surface area contributed by atoms with E-state index in [9.17, 15) is 9.59 Å². The lowest BCUT2D eigenvalue weighted by atomic mass is 10.1. The average molecular weight is 418 g/mol. The Kier molecular flexibility index (Phi) is 5.77. The van der Waals surface area contributed by atoms with Crippen LogP contribution >= 0.6 is 11.3 Å².